The lowest BCUT2D eigenvalue weighted by molar-refractivity contribution is 0.0956. The first kappa shape index (κ1) is 19.8. The number of carbonyl (C=O) groups excluding carboxylic acids is 1. The summed E-state index contributed by atoms with van der Waals surface area (Å²) in [6.45, 7) is -0.00560. The normalized spacial score (nSPS) is 10.7. The molecule has 0 bridgehead atoms. The number of pyridine rings is 1. The number of nitrogens with zero attached hydrogens (tertiary/aromatic N) is 3. The van der Waals surface area contributed by atoms with Crippen molar-refractivity contribution >= 4 is 23.0 Å². The summed E-state index contributed by atoms with van der Waals surface area (Å²) >= 11 is 0. The van der Waals surface area contributed by atoms with Crippen LogP contribution in [0.4, 0.5) is 0 Å². The van der Waals surface area contributed by atoms with Gasteiger partial charge in [0.2, 0.25) is 0 Å². The highest BCUT2D eigenvalue weighted by Gasteiger charge is 2.13. The van der Waals surface area contributed by atoms with Crippen LogP contribution in [0.5, 0.6) is 5.75 Å². The van der Waals surface area contributed by atoms with Crippen LogP contribution in [-0.2, 0) is 0 Å². The molecule has 0 fully saturated rings. The topological polar surface area (TPSA) is 87.4 Å². The monoisotopic (exact) mass is 406 g/mol. The van der Waals surface area contributed by atoms with Crippen LogP contribution in [0.2, 0.25) is 0 Å². The molecule has 0 aliphatic carbocycles. The number of carbonyl (C=O) groups is 1. The molecule has 0 saturated heterocycles. The Morgan fingerprint density at radius 3 is 2.55 bits per heavy atom. The Labute approximate surface area is 179 Å². The molecule has 0 atom stereocenters. The number of nitriles is 1. The van der Waals surface area contributed by atoms with Gasteiger partial charge in [0, 0.05) is 10.9 Å². The lowest BCUT2D eigenvalue weighted by atomic mass is 10.0. The molecule has 6 heteroatoms. The van der Waals surface area contributed by atoms with Crippen molar-refractivity contribution in [3.63, 3.8) is 0 Å². The first-order valence-electron chi connectivity index (χ1n) is 9.63. The largest absolute Gasteiger partial charge is 0.479 e. The number of hydrogen-bond donors (Lipinski definition) is 1. The molecule has 0 spiro atoms. The lowest BCUT2D eigenvalue weighted by Crippen LogP contribution is -2.18. The minimum atomic E-state index is -0.319. The third-order valence-electron chi connectivity index (χ3n) is 4.59. The SMILES string of the molecule is N#CCOc1ccc(/C=N/NC(=O)c2cc(-c3ccccc3)nc3ccccc23)cc1. The highest BCUT2D eigenvalue weighted by atomic mass is 16.5. The van der Waals surface area contributed by atoms with E-state index in [1.165, 1.54) is 0 Å². The second kappa shape index (κ2) is 9.33. The molecular formula is C25H18N4O2. The van der Waals surface area contributed by atoms with E-state index in [0.29, 0.717) is 11.3 Å². The Hall–Kier alpha value is -4.50. The summed E-state index contributed by atoms with van der Waals surface area (Å²) in [7, 11) is 0. The van der Waals surface area contributed by atoms with Crippen molar-refractivity contribution in [3.05, 3.63) is 96.1 Å². The molecule has 1 N–H and O–H groups in total. The Morgan fingerprint density at radius 2 is 1.77 bits per heavy atom. The van der Waals surface area contributed by atoms with Crippen LogP contribution in [0.25, 0.3) is 22.2 Å². The summed E-state index contributed by atoms with van der Waals surface area (Å²) in [6.07, 6.45) is 1.55. The zero-order chi connectivity index (χ0) is 21.5. The summed E-state index contributed by atoms with van der Waals surface area (Å²) in [6, 6.07) is 28.0. The summed E-state index contributed by atoms with van der Waals surface area (Å²) in [5.41, 5.74) is 6.28. The molecule has 3 aromatic carbocycles. The van der Waals surface area contributed by atoms with Gasteiger partial charge in [-0.05, 0) is 42.0 Å². The van der Waals surface area contributed by atoms with Crippen molar-refractivity contribution in [2.75, 3.05) is 6.61 Å². The predicted octanol–water partition coefficient (Wildman–Crippen LogP) is 4.57. The van der Waals surface area contributed by atoms with E-state index < -0.39 is 0 Å². The zero-order valence-corrected chi connectivity index (χ0v) is 16.5. The van der Waals surface area contributed by atoms with Gasteiger partial charge in [-0.15, -0.1) is 0 Å². The van der Waals surface area contributed by atoms with Gasteiger partial charge < -0.3 is 4.74 Å². The number of hydrogen-bond acceptors (Lipinski definition) is 5. The average Bonchev–Trinajstić information content (AvgIpc) is 2.83. The minimum Gasteiger partial charge on any atom is -0.479 e. The molecule has 1 aromatic heterocycles. The van der Waals surface area contributed by atoms with E-state index in [0.717, 1.165) is 27.7 Å². The van der Waals surface area contributed by atoms with E-state index in [4.69, 9.17) is 15.0 Å². The van der Waals surface area contributed by atoms with Crippen molar-refractivity contribution in [1.82, 2.24) is 10.4 Å². The van der Waals surface area contributed by atoms with Crippen LogP contribution in [0.15, 0.2) is 90.0 Å². The molecule has 0 saturated carbocycles. The van der Waals surface area contributed by atoms with Crippen molar-refractivity contribution in [1.29, 1.82) is 5.26 Å². The maximum Gasteiger partial charge on any atom is 0.272 e. The molecule has 6 nitrogen and oxygen atoms in total. The molecule has 0 aliphatic rings. The second-order valence-electron chi connectivity index (χ2n) is 6.65. The van der Waals surface area contributed by atoms with Crippen molar-refractivity contribution in [2.45, 2.75) is 0 Å². The third-order valence-corrected chi connectivity index (χ3v) is 4.59. The first-order chi connectivity index (χ1) is 15.2. The van der Waals surface area contributed by atoms with Gasteiger partial charge in [0.1, 0.15) is 11.8 Å². The first-order valence-corrected chi connectivity index (χ1v) is 9.63. The minimum absolute atomic E-state index is 0.00560. The number of amides is 1. The number of nitrogens with one attached hydrogen (secondary N) is 1. The molecule has 1 heterocycles. The molecule has 0 radical (unpaired) electrons. The Morgan fingerprint density at radius 1 is 1.03 bits per heavy atom. The smallest absolute Gasteiger partial charge is 0.272 e. The van der Waals surface area contributed by atoms with Crippen LogP contribution in [0.3, 0.4) is 0 Å². The summed E-state index contributed by atoms with van der Waals surface area (Å²) < 4.78 is 5.22. The van der Waals surface area contributed by atoms with Crippen LogP contribution in [-0.4, -0.2) is 23.7 Å². The van der Waals surface area contributed by atoms with Gasteiger partial charge in [-0.3, -0.25) is 4.79 Å². The maximum atomic E-state index is 12.9. The fourth-order valence-electron chi connectivity index (χ4n) is 3.11. The van der Waals surface area contributed by atoms with Crippen LogP contribution in [0.1, 0.15) is 15.9 Å². The van der Waals surface area contributed by atoms with E-state index in [1.54, 1.807) is 36.5 Å². The molecule has 150 valence electrons. The number of fused-ring (bicyclic) bond motifs is 1. The number of ether oxygens (including phenoxy) is 1. The fourth-order valence-corrected chi connectivity index (χ4v) is 3.11. The number of hydrazone groups is 1. The van der Waals surface area contributed by atoms with Crippen LogP contribution >= 0.6 is 0 Å². The van der Waals surface area contributed by atoms with Gasteiger partial charge in [0.25, 0.3) is 5.91 Å². The van der Waals surface area contributed by atoms with Gasteiger partial charge in [-0.1, -0.05) is 48.5 Å². The molecular weight excluding hydrogens is 388 g/mol. The molecule has 1 amide bonds. The molecule has 0 unspecified atom stereocenters. The van der Waals surface area contributed by atoms with E-state index >= 15 is 0 Å². The molecule has 4 aromatic rings. The highest BCUT2D eigenvalue weighted by Crippen LogP contribution is 2.24. The number of benzene rings is 3. The third kappa shape index (κ3) is 4.74. The Kier molecular flexibility index (Phi) is 5.96. The van der Waals surface area contributed by atoms with Crippen LogP contribution in [0, 0.1) is 11.3 Å². The van der Waals surface area contributed by atoms with Gasteiger partial charge in [0.15, 0.2) is 6.61 Å². The van der Waals surface area contributed by atoms with E-state index in [1.807, 2.05) is 60.7 Å². The standard InChI is InChI=1S/C25H18N4O2/c26-14-15-31-20-12-10-18(11-13-20)17-27-29-25(30)22-16-24(19-6-2-1-3-7-19)28-23-9-5-4-8-21(22)23/h1-13,16-17H,15H2,(H,29,30)/b27-17+. The molecule has 4 rings (SSSR count). The van der Waals surface area contributed by atoms with Gasteiger partial charge in [-0.25, -0.2) is 10.4 Å². The fraction of sp³-hybridized carbons (Fsp3) is 0.0400. The number of aromatic nitrogens is 1. The van der Waals surface area contributed by atoms with Gasteiger partial charge in [0.05, 0.1) is 23.0 Å². The Balaban J connectivity index is 1.56. The summed E-state index contributed by atoms with van der Waals surface area (Å²) in [5, 5.41) is 13.4. The predicted molar refractivity (Wildman–Crippen MR) is 120 cm³/mol. The van der Waals surface area contributed by atoms with E-state index in [9.17, 15) is 4.79 Å². The summed E-state index contributed by atoms with van der Waals surface area (Å²) in [5.74, 6) is 0.278. The van der Waals surface area contributed by atoms with Crippen molar-refractivity contribution < 1.29 is 9.53 Å². The average molecular weight is 406 g/mol. The quantitative estimate of drug-likeness (QED) is 0.375. The maximum absolute atomic E-state index is 12.9. The number of para-hydroxylation sites is 1. The van der Waals surface area contributed by atoms with E-state index in [-0.39, 0.29) is 12.5 Å². The summed E-state index contributed by atoms with van der Waals surface area (Å²) in [4.78, 5) is 17.6. The lowest BCUT2D eigenvalue weighted by Gasteiger charge is -2.09. The van der Waals surface area contributed by atoms with E-state index in [2.05, 4.69) is 10.5 Å². The second-order valence-corrected chi connectivity index (χ2v) is 6.65. The highest BCUT2D eigenvalue weighted by molar-refractivity contribution is 6.07. The van der Waals surface area contributed by atoms with Crippen LogP contribution < -0.4 is 10.2 Å². The Bertz CT molecular complexity index is 1280. The molecule has 0 aliphatic heterocycles. The zero-order valence-electron chi connectivity index (χ0n) is 16.5. The number of rotatable bonds is 6. The van der Waals surface area contributed by atoms with Crippen molar-refractivity contribution in [3.8, 4) is 23.1 Å². The van der Waals surface area contributed by atoms with Gasteiger partial charge >= 0.3 is 0 Å². The van der Waals surface area contributed by atoms with Gasteiger partial charge in [-0.2, -0.15) is 10.4 Å². The molecule has 31 heavy (non-hydrogen) atoms. The van der Waals surface area contributed by atoms with Crippen molar-refractivity contribution in [2.24, 2.45) is 5.10 Å².